The molecule has 0 amide bonds. The fourth-order valence-electron chi connectivity index (χ4n) is 3.22. The highest BCUT2D eigenvalue weighted by molar-refractivity contribution is 7.46. The molecule has 31 heavy (non-hydrogen) atoms. The van der Waals surface area contributed by atoms with Gasteiger partial charge in [0.1, 0.15) is 11.4 Å². The lowest BCUT2D eigenvalue weighted by Gasteiger charge is -2.20. The van der Waals surface area contributed by atoms with Gasteiger partial charge in [0.25, 0.3) is 0 Å². The van der Waals surface area contributed by atoms with E-state index in [0.29, 0.717) is 5.69 Å². The number of aliphatic hydroxyl groups is 1. The maximum Gasteiger partial charge on any atom is 0.469 e. The second-order valence-electron chi connectivity index (χ2n) is 7.59. The molecule has 0 aliphatic rings. The van der Waals surface area contributed by atoms with E-state index >= 15 is 0 Å². The predicted octanol–water partition coefficient (Wildman–Crippen LogP) is 3.95. The Kier molecular flexibility index (Phi) is 6.99. The van der Waals surface area contributed by atoms with Crippen LogP contribution in [0.2, 0.25) is 0 Å². The standard InChI is InChI=1S/C22H27N2O6P/c1-16-5-7-17(8-6-16)20-15-21(22(2,25)13-4-14-30-31(26,27)28)23-24(20)18-9-11-19(29-3)12-10-18/h5-12,15,25H,4,13-14H2,1-3H3,(H2,26,27,28). The minimum atomic E-state index is -4.53. The molecule has 1 heterocycles. The monoisotopic (exact) mass is 446 g/mol. The highest BCUT2D eigenvalue weighted by Gasteiger charge is 2.28. The van der Waals surface area contributed by atoms with Gasteiger partial charge in [-0.05, 0) is 57.0 Å². The van der Waals surface area contributed by atoms with Crippen molar-refractivity contribution in [2.24, 2.45) is 0 Å². The van der Waals surface area contributed by atoms with Gasteiger partial charge in [-0.3, -0.25) is 4.52 Å². The lowest BCUT2D eigenvalue weighted by molar-refractivity contribution is 0.0352. The number of phosphoric acid groups is 1. The van der Waals surface area contributed by atoms with Crippen molar-refractivity contribution in [3.63, 3.8) is 0 Å². The zero-order valence-electron chi connectivity index (χ0n) is 17.7. The summed E-state index contributed by atoms with van der Waals surface area (Å²) in [5.74, 6) is 0.727. The molecule has 1 unspecified atom stereocenters. The number of phosphoric ester groups is 1. The van der Waals surface area contributed by atoms with Crippen molar-refractivity contribution in [3.8, 4) is 22.7 Å². The Morgan fingerprint density at radius 2 is 1.74 bits per heavy atom. The zero-order valence-corrected chi connectivity index (χ0v) is 18.6. The van der Waals surface area contributed by atoms with Crippen LogP contribution in [0.5, 0.6) is 5.75 Å². The summed E-state index contributed by atoms with van der Waals surface area (Å²) in [7, 11) is -2.92. The van der Waals surface area contributed by atoms with Crippen LogP contribution in [0.4, 0.5) is 0 Å². The minimum absolute atomic E-state index is 0.162. The van der Waals surface area contributed by atoms with E-state index in [-0.39, 0.29) is 19.4 Å². The molecule has 0 bridgehead atoms. The molecule has 3 aromatic rings. The molecule has 2 aromatic carbocycles. The number of nitrogens with zero attached hydrogens (tertiary/aromatic N) is 2. The number of methoxy groups -OCH3 is 1. The molecule has 3 N–H and O–H groups in total. The van der Waals surface area contributed by atoms with Crippen LogP contribution in [-0.2, 0) is 14.7 Å². The van der Waals surface area contributed by atoms with Crippen LogP contribution in [0.3, 0.4) is 0 Å². The quantitative estimate of drug-likeness (QED) is 0.337. The summed E-state index contributed by atoms with van der Waals surface area (Å²) in [4.78, 5) is 17.6. The Morgan fingerprint density at radius 3 is 2.32 bits per heavy atom. The highest BCUT2D eigenvalue weighted by Crippen LogP contribution is 2.37. The summed E-state index contributed by atoms with van der Waals surface area (Å²) in [5, 5.41) is 15.7. The predicted molar refractivity (Wildman–Crippen MR) is 117 cm³/mol. The van der Waals surface area contributed by atoms with Gasteiger partial charge in [0.15, 0.2) is 0 Å². The third kappa shape index (κ3) is 6.03. The van der Waals surface area contributed by atoms with E-state index in [1.54, 1.807) is 18.7 Å². The lowest BCUT2D eigenvalue weighted by Crippen LogP contribution is -2.22. The maximum absolute atomic E-state index is 11.0. The average Bonchev–Trinajstić information content (AvgIpc) is 3.18. The normalized spacial score (nSPS) is 13.7. The fourth-order valence-corrected chi connectivity index (χ4v) is 3.59. The number of rotatable bonds is 9. The third-order valence-corrected chi connectivity index (χ3v) is 5.51. The molecular weight excluding hydrogens is 419 g/mol. The Balaban J connectivity index is 1.94. The summed E-state index contributed by atoms with van der Waals surface area (Å²) < 4.78 is 22.3. The number of benzene rings is 2. The van der Waals surface area contributed by atoms with Crippen molar-refractivity contribution in [2.75, 3.05) is 13.7 Å². The maximum atomic E-state index is 11.0. The van der Waals surface area contributed by atoms with Gasteiger partial charge in [-0.25, -0.2) is 9.25 Å². The summed E-state index contributed by atoms with van der Waals surface area (Å²) in [6.07, 6.45) is 0.479. The van der Waals surface area contributed by atoms with Crippen molar-refractivity contribution in [2.45, 2.75) is 32.3 Å². The largest absolute Gasteiger partial charge is 0.497 e. The lowest BCUT2D eigenvalue weighted by atomic mass is 9.95. The van der Waals surface area contributed by atoms with Crippen molar-refractivity contribution >= 4 is 7.82 Å². The first-order valence-corrected chi connectivity index (χ1v) is 11.4. The second-order valence-corrected chi connectivity index (χ2v) is 8.83. The number of hydrogen-bond donors (Lipinski definition) is 3. The molecule has 1 atom stereocenters. The van der Waals surface area contributed by atoms with Crippen molar-refractivity contribution < 1.29 is 28.7 Å². The van der Waals surface area contributed by atoms with E-state index in [1.807, 2.05) is 61.5 Å². The third-order valence-electron chi connectivity index (χ3n) is 4.99. The molecule has 0 saturated heterocycles. The summed E-state index contributed by atoms with van der Waals surface area (Å²) in [6.45, 7) is 3.48. The van der Waals surface area contributed by atoms with Crippen LogP contribution in [0.15, 0.2) is 54.6 Å². The molecular formula is C22H27N2O6P. The first-order valence-electron chi connectivity index (χ1n) is 9.83. The number of aromatic nitrogens is 2. The molecule has 1 aromatic heterocycles. The summed E-state index contributed by atoms with van der Waals surface area (Å²) >= 11 is 0. The van der Waals surface area contributed by atoms with Crippen LogP contribution < -0.4 is 4.74 Å². The number of aryl methyl sites for hydroxylation is 1. The first kappa shape index (κ1) is 23.2. The summed E-state index contributed by atoms with van der Waals surface area (Å²) in [5.41, 5.74) is 2.85. The van der Waals surface area contributed by atoms with Crippen LogP contribution >= 0.6 is 7.82 Å². The van der Waals surface area contributed by atoms with Gasteiger partial charge in [-0.15, -0.1) is 0 Å². The second kappa shape index (κ2) is 9.34. The van der Waals surface area contributed by atoms with E-state index in [0.717, 1.165) is 28.3 Å². The molecule has 0 saturated carbocycles. The minimum Gasteiger partial charge on any atom is -0.497 e. The van der Waals surface area contributed by atoms with E-state index in [2.05, 4.69) is 9.62 Å². The molecule has 8 nitrogen and oxygen atoms in total. The molecule has 0 aliphatic heterocycles. The van der Waals surface area contributed by atoms with Gasteiger partial charge < -0.3 is 19.6 Å². The fraction of sp³-hybridized carbons (Fsp3) is 0.318. The first-order chi connectivity index (χ1) is 14.6. The smallest absolute Gasteiger partial charge is 0.469 e. The topological polar surface area (TPSA) is 114 Å². The average molecular weight is 446 g/mol. The molecule has 0 radical (unpaired) electrons. The Bertz CT molecular complexity index is 1050. The number of ether oxygens (including phenoxy) is 1. The van der Waals surface area contributed by atoms with Crippen LogP contribution in [-0.4, -0.2) is 38.4 Å². The van der Waals surface area contributed by atoms with E-state index in [1.165, 1.54) is 0 Å². The molecule has 0 spiro atoms. The zero-order chi connectivity index (χ0) is 22.6. The van der Waals surface area contributed by atoms with Crippen molar-refractivity contribution in [3.05, 3.63) is 65.9 Å². The SMILES string of the molecule is COc1ccc(-n2nc(C(C)(O)CCCOP(=O)(O)O)cc2-c2ccc(C)cc2)cc1. The van der Waals surface area contributed by atoms with Gasteiger partial charge in [-0.2, -0.15) is 5.10 Å². The van der Waals surface area contributed by atoms with E-state index in [4.69, 9.17) is 14.5 Å². The number of hydrogen-bond acceptors (Lipinski definition) is 5. The van der Waals surface area contributed by atoms with Gasteiger partial charge in [0.05, 0.1) is 30.8 Å². The molecule has 166 valence electrons. The van der Waals surface area contributed by atoms with Gasteiger partial charge in [0.2, 0.25) is 0 Å². The van der Waals surface area contributed by atoms with Gasteiger partial charge in [0, 0.05) is 5.56 Å². The van der Waals surface area contributed by atoms with E-state index < -0.39 is 13.4 Å². The Morgan fingerprint density at radius 1 is 1.10 bits per heavy atom. The Hall–Kier alpha value is -2.48. The van der Waals surface area contributed by atoms with Crippen molar-refractivity contribution in [1.82, 2.24) is 9.78 Å². The molecule has 0 aliphatic carbocycles. The van der Waals surface area contributed by atoms with Crippen LogP contribution in [0.1, 0.15) is 31.0 Å². The van der Waals surface area contributed by atoms with E-state index in [9.17, 15) is 9.67 Å². The van der Waals surface area contributed by atoms with Gasteiger partial charge in [-0.1, -0.05) is 29.8 Å². The Labute approximate surface area is 181 Å². The van der Waals surface area contributed by atoms with Crippen LogP contribution in [0.25, 0.3) is 16.9 Å². The van der Waals surface area contributed by atoms with Crippen molar-refractivity contribution in [1.29, 1.82) is 0 Å². The highest BCUT2D eigenvalue weighted by atomic mass is 31.2. The molecule has 0 fully saturated rings. The van der Waals surface area contributed by atoms with Crippen LogP contribution in [0, 0.1) is 6.92 Å². The molecule has 3 rings (SSSR count). The summed E-state index contributed by atoms with van der Waals surface area (Å²) in [6, 6.07) is 17.3. The molecule has 9 heteroatoms. The van der Waals surface area contributed by atoms with Gasteiger partial charge >= 0.3 is 7.82 Å².